The molecule has 0 spiro atoms. The number of halogens is 1. The molecule has 1 aliphatic heterocycles. The van der Waals surface area contributed by atoms with Gasteiger partial charge in [0.05, 0.1) is 30.5 Å². The van der Waals surface area contributed by atoms with E-state index in [9.17, 15) is 18.0 Å². The zero-order valence-corrected chi connectivity index (χ0v) is 20.1. The number of morpholine rings is 1. The monoisotopic (exact) mass is 497 g/mol. The van der Waals surface area contributed by atoms with E-state index >= 15 is 0 Å². The van der Waals surface area contributed by atoms with E-state index in [1.165, 1.54) is 46.2 Å². The van der Waals surface area contributed by atoms with E-state index in [0.717, 1.165) is 4.90 Å². The van der Waals surface area contributed by atoms with E-state index in [1.807, 2.05) is 24.5 Å². The maximum Gasteiger partial charge on any atom is 0.254 e. The number of carbonyl (C=O) groups excluding carboxylic acids is 2. The van der Waals surface area contributed by atoms with Crippen LogP contribution in [-0.2, 0) is 19.6 Å². The Morgan fingerprint density at radius 2 is 1.88 bits per heavy atom. The fourth-order valence-electron chi connectivity index (χ4n) is 3.21. The van der Waals surface area contributed by atoms with E-state index in [-0.39, 0.29) is 41.0 Å². The van der Waals surface area contributed by atoms with Crippen molar-refractivity contribution in [2.45, 2.75) is 9.79 Å². The van der Waals surface area contributed by atoms with Crippen molar-refractivity contribution in [2.24, 2.45) is 0 Å². The highest BCUT2D eigenvalue weighted by Crippen LogP contribution is 2.27. The van der Waals surface area contributed by atoms with E-state index in [1.54, 1.807) is 6.07 Å². The Balaban J connectivity index is 1.74. The molecule has 2 aromatic rings. The van der Waals surface area contributed by atoms with Gasteiger partial charge in [0.2, 0.25) is 15.9 Å². The van der Waals surface area contributed by atoms with Gasteiger partial charge < -0.3 is 15.0 Å². The molecular weight excluding hydrogens is 474 g/mol. The molecule has 1 N–H and O–H groups in total. The molecule has 0 aliphatic carbocycles. The van der Waals surface area contributed by atoms with Gasteiger partial charge in [-0.25, -0.2) is 8.42 Å². The first-order chi connectivity index (χ1) is 15.2. The lowest BCUT2D eigenvalue weighted by Gasteiger charge is -2.26. The highest BCUT2D eigenvalue weighted by atomic mass is 35.5. The normalized spacial score (nSPS) is 14.7. The van der Waals surface area contributed by atoms with Crippen molar-refractivity contribution in [3.05, 3.63) is 53.1 Å². The maximum atomic E-state index is 13.0. The third kappa shape index (κ3) is 5.62. The van der Waals surface area contributed by atoms with E-state index in [4.69, 9.17) is 16.3 Å². The first-order valence-corrected chi connectivity index (χ1v) is 12.8. The summed E-state index contributed by atoms with van der Waals surface area (Å²) < 4.78 is 32.5. The van der Waals surface area contributed by atoms with Crippen molar-refractivity contribution in [2.75, 3.05) is 51.5 Å². The molecule has 0 atom stereocenters. The molecule has 0 aromatic heterocycles. The van der Waals surface area contributed by atoms with Crippen LogP contribution in [0.5, 0.6) is 0 Å². The topological polar surface area (TPSA) is 96.0 Å². The van der Waals surface area contributed by atoms with Gasteiger partial charge in [-0.3, -0.25) is 9.59 Å². The van der Waals surface area contributed by atoms with E-state index in [0.29, 0.717) is 18.9 Å². The molecule has 1 heterocycles. The summed E-state index contributed by atoms with van der Waals surface area (Å²) in [6, 6.07) is 11.4. The molecule has 1 saturated heterocycles. The van der Waals surface area contributed by atoms with Crippen molar-refractivity contribution < 1.29 is 22.7 Å². The summed E-state index contributed by atoms with van der Waals surface area (Å²) in [5.41, 5.74) is 0.789. The van der Waals surface area contributed by atoms with Gasteiger partial charge in [0.1, 0.15) is 4.90 Å². The van der Waals surface area contributed by atoms with Crippen LogP contribution in [0.15, 0.2) is 52.3 Å². The molecule has 32 heavy (non-hydrogen) atoms. The van der Waals surface area contributed by atoms with Crippen LogP contribution in [0.1, 0.15) is 10.4 Å². The number of rotatable bonds is 7. The number of sulfonamides is 1. The fourth-order valence-corrected chi connectivity index (χ4v) is 5.67. The molecule has 3 rings (SSSR count). The highest BCUT2D eigenvalue weighted by Gasteiger charge is 2.29. The lowest BCUT2D eigenvalue weighted by atomic mass is 10.2. The smallest absolute Gasteiger partial charge is 0.254 e. The number of nitrogens with zero attached hydrogens (tertiary/aromatic N) is 2. The van der Waals surface area contributed by atoms with Crippen LogP contribution >= 0.6 is 23.4 Å². The quantitative estimate of drug-likeness (QED) is 0.591. The van der Waals surface area contributed by atoms with Gasteiger partial charge in [0.15, 0.2) is 0 Å². The van der Waals surface area contributed by atoms with Crippen LogP contribution in [0.4, 0.5) is 5.69 Å². The predicted octanol–water partition coefficient (Wildman–Crippen LogP) is 2.79. The molecular formula is C21H24ClN3O5S2. The van der Waals surface area contributed by atoms with Crippen LogP contribution in [0, 0.1) is 0 Å². The van der Waals surface area contributed by atoms with Crippen LogP contribution < -0.4 is 5.32 Å². The Morgan fingerprint density at radius 3 is 2.56 bits per heavy atom. The summed E-state index contributed by atoms with van der Waals surface area (Å²) in [6.07, 6.45) is 1.91. The minimum absolute atomic E-state index is 0.0297. The lowest BCUT2D eigenvalue weighted by Crippen LogP contribution is -2.40. The number of hydrogen-bond acceptors (Lipinski definition) is 6. The van der Waals surface area contributed by atoms with Gasteiger partial charge >= 0.3 is 0 Å². The van der Waals surface area contributed by atoms with Gasteiger partial charge in [0, 0.05) is 30.6 Å². The molecule has 2 amide bonds. The van der Waals surface area contributed by atoms with Gasteiger partial charge in [-0.05, 0) is 36.6 Å². The number of carbonyl (C=O) groups is 2. The summed E-state index contributed by atoms with van der Waals surface area (Å²) in [6.45, 7) is 0.832. The standard InChI is InChI=1S/C21H24ClN3O5S2/c1-24(14-20(26)23-17-5-3-4-6-18(17)31-2)21(27)15-7-8-16(22)19(13-15)32(28,29)25-9-11-30-12-10-25/h3-8,13H,9-12,14H2,1-2H3,(H,23,26). The first kappa shape index (κ1) is 24.5. The van der Waals surface area contributed by atoms with Crippen LogP contribution in [0.3, 0.4) is 0 Å². The number of benzene rings is 2. The Labute approximate surface area is 196 Å². The van der Waals surface area contributed by atoms with E-state index < -0.39 is 15.9 Å². The first-order valence-electron chi connectivity index (χ1n) is 9.80. The summed E-state index contributed by atoms with van der Waals surface area (Å²) in [5, 5.41) is 2.83. The van der Waals surface area contributed by atoms with Gasteiger partial charge in [-0.15, -0.1) is 11.8 Å². The molecule has 0 saturated carbocycles. The molecule has 0 unspecified atom stereocenters. The molecule has 1 aliphatic rings. The Bertz CT molecular complexity index is 1100. The Hall–Kier alpha value is -2.11. The number of amides is 2. The molecule has 0 radical (unpaired) electrons. The zero-order valence-electron chi connectivity index (χ0n) is 17.7. The number of nitrogens with one attached hydrogen (secondary N) is 1. The molecule has 11 heteroatoms. The number of thioether (sulfide) groups is 1. The minimum Gasteiger partial charge on any atom is -0.379 e. The summed E-state index contributed by atoms with van der Waals surface area (Å²) in [7, 11) is -2.40. The minimum atomic E-state index is -3.88. The predicted molar refractivity (Wildman–Crippen MR) is 125 cm³/mol. The zero-order chi connectivity index (χ0) is 23.3. The second-order valence-electron chi connectivity index (χ2n) is 7.07. The molecule has 8 nitrogen and oxygen atoms in total. The summed E-state index contributed by atoms with van der Waals surface area (Å²) >= 11 is 7.66. The Kier molecular flexibility index (Phi) is 8.18. The second-order valence-corrected chi connectivity index (χ2v) is 10.2. The molecule has 2 aromatic carbocycles. The second kappa shape index (κ2) is 10.7. The van der Waals surface area contributed by atoms with Crippen molar-refractivity contribution in [3.63, 3.8) is 0 Å². The molecule has 172 valence electrons. The highest BCUT2D eigenvalue weighted by molar-refractivity contribution is 7.98. The number of likely N-dealkylation sites (N-methyl/N-ethyl adjacent to an activating group) is 1. The third-order valence-corrected chi connectivity index (χ3v) is 8.05. The van der Waals surface area contributed by atoms with Gasteiger partial charge in [0.25, 0.3) is 5.91 Å². The molecule has 0 bridgehead atoms. The average Bonchev–Trinajstić information content (AvgIpc) is 2.79. The maximum absolute atomic E-state index is 13.0. The van der Waals surface area contributed by atoms with Gasteiger partial charge in [-0.2, -0.15) is 4.31 Å². The molecule has 1 fully saturated rings. The summed E-state index contributed by atoms with van der Waals surface area (Å²) in [5.74, 6) is -0.856. The Morgan fingerprint density at radius 1 is 1.19 bits per heavy atom. The van der Waals surface area contributed by atoms with Crippen molar-refractivity contribution in [1.82, 2.24) is 9.21 Å². The van der Waals surface area contributed by atoms with Crippen LogP contribution in [0.25, 0.3) is 0 Å². The van der Waals surface area contributed by atoms with E-state index in [2.05, 4.69) is 5.32 Å². The number of anilines is 1. The number of para-hydroxylation sites is 1. The average molecular weight is 498 g/mol. The van der Waals surface area contributed by atoms with Gasteiger partial charge in [-0.1, -0.05) is 23.7 Å². The summed E-state index contributed by atoms with van der Waals surface area (Å²) in [4.78, 5) is 27.4. The van der Waals surface area contributed by atoms with Crippen LogP contribution in [-0.4, -0.2) is 75.6 Å². The largest absolute Gasteiger partial charge is 0.379 e. The number of hydrogen-bond donors (Lipinski definition) is 1. The lowest BCUT2D eigenvalue weighted by molar-refractivity contribution is -0.116. The van der Waals surface area contributed by atoms with Crippen molar-refractivity contribution in [3.8, 4) is 0 Å². The fraction of sp³-hybridized carbons (Fsp3) is 0.333. The SMILES string of the molecule is CSc1ccccc1NC(=O)CN(C)C(=O)c1ccc(Cl)c(S(=O)(=O)N2CCOCC2)c1. The third-order valence-electron chi connectivity index (χ3n) is 4.87. The number of ether oxygens (including phenoxy) is 1. The van der Waals surface area contributed by atoms with Crippen molar-refractivity contribution in [1.29, 1.82) is 0 Å². The van der Waals surface area contributed by atoms with Crippen LogP contribution in [0.2, 0.25) is 5.02 Å². The van der Waals surface area contributed by atoms with Crippen molar-refractivity contribution >= 4 is 50.9 Å².